The molecule has 0 spiro atoms. The summed E-state index contributed by atoms with van der Waals surface area (Å²) in [4.78, 5) is 34.8. The molecule has 4 aromatic heterocycles. The largest absolute Gasteiger partial charge is 0.479 e. The van der Waals surface area contributed by atoms with Crippen LogP contribution in [0.1, 0.15) is 25.3 Å². The molecule has 2 aliphatic heterocycles. The molecule has 6 rings (SSSR count). The van der Waals surface area contributed by atoms with Gasteiger partial charge < -0.3 is 46.5 Å². The molecule has 1 unspecified atom stereocenters. The molecule has 0 amide bonds. The molecule has 2 fully saturated rings. The summed E-state index contributed by atoms with van der Waals surface area (Å²) in [6, 6.07) is 0. The first-order chi connectivity index (χ1) is 18.7. The minimum Gasteiger partial charge on any atom is -0.479 e. The van der Waals surface area contributed by atoms with Gasteiger partial charge in [-0.25, -0.2) is 34.7 Å². The Morgan fingerprint density at radius 1 is 0.897 bits per heavy atom. The molecule has 0 radical (unpaired) electrons. The van der Waals surface area contributed by atoms with Gasteiger partial charge >= 0.3 is 5.97 Å². The topological polar surface area (TPSA) is 276 Å². The van der Waals surface area contributed by atoms with Crippen LogP contribution in [0.4, 0.5) is 11.6 Å². The van der Waals surface area contributed by atoms with E-state index in [2.05, 4.69) is 29.9 Å². The van der Waals surface area contributed by atoms with E-state index < -0.39 is 48.9 Å². The smallest absolute Gasteiger partial charge is 0.335 e. The van der Waals surface area contributed by atoms with Crippen molar-refractivity contribution in [1.29, 1.82) is 0 Å². The number of ether oxygens (including phenoxy) is 2. The molecule has 6 heterocycles. The molecule has 2 saturated heterocycles. The van der Waals surface area contributed by atoms with Gasteiger partial charge in [0.15, 0.2) is 29.0 Å². The van der Waals surface area contributed by atoms with Crippen LogP contribution in [0.15, 0.2) is 25.3 Å². The Morgan fingerprint density at radius 3 is 1.90 bits per heavy atom. The molecule has 18 heteroatoms. The highest BCUT2D eigenvalue weighted by Gasteiger charge is 2.42. The minimum absolute atomic E-state index is 0.102. The predicted molar refractivity (Wildman–Crippen MR) is 129 cm³/mol. The van der Waals surface area contributed by atoms with Gasteiger partial charge in [-0.15, -0.1) is 0 Å². The van der Waals surface area contributed by atoms with Crippen LogP contribution < -0.4 is 11.5 Å². The number of nitrogens with two attached hydrogens (primary N) is 2. The van der Waals surface area contributed by atoms with E-state index in [4.69, 9.17) is 31.2 Å². The Bertz CT molecular complexity index is 1480. The molecule has 39 heavy (non-hydrogen) atoms. The SMILES string of the molecule is Nc1ncnc2c1ncn2[C@H]1C[C@H](O)[C@@H](C(O)C(=O)O)O1.Nc1ncnc2c1ncn2[C@H]1C[C@H](O)[C@@H](CO)O1. The maximum atomic E-state index is 10.8. The summed E-state index contributed by atoms with van der Waals surface area (Å²) in [5.74, 6) is -0.947. The summed E-state index contributed by atoms with van der Waals surface area (Å²) in [6.45, 7) is -0.221. The molecule has 0 aromatic carbocycles. The fourth-order valence-corrected chi connectivity index (χ4v) is 4.48. The van der Waals surface area contributed by atoms with Gasteiger partial charge in [0.05, 0.1) is 31.5 Å². The van der Waals surface area contributed by atoms with E-state index in [1.807, 2.05) is 0 Å². The monoisotopic (exact) mass is 546 g/mol. The molecule has 0 aliphatic carbocycles. The van der Waals surface area contributed by atoms with Crippen molar-refractivity contribution in [3.63, 3.8) is 0 Å². The Balaban J connectivity index is 0.000000160. The second-order valence-corrected chi connectivity index (χ2v) is 8.92. The molecule has 18 nitrogen and oxygen atoms in total. The van der Waals surface area contributed by atoms with Crippen LogP contribution in [-0.2, 0) is 14.3 Å². The second-order valence-electron chi connectivity index (χ2n) is 8.92. The standard InChI is InChI=1S/C11H13N5O5.C10H13N5O3/c12-9-6-10(14-2-13-9)16(3-15-6)5-1-4(17)8(21-5)7(18)11(19)20;11-9-8-10(13-3-12-9)15(4-14-8)7-1-5(17)6(2-16)18-7/h2-5,7-8,17-18H,1H2,(H,19,20)(H2,12,13,14);3-7,16-17H,1-2H2,(H2,11,12,13)/t4-,5+,7?,8-;5-,6+,7+/m00/s1. The van der Waals surface area contributed by atoms with Gasteiger partial charge in [-0.3, -0.25) is 9.13 Å². The number of hydrogen-bond acceptors (Lipinski definition) is 15. The predicted octanol–water partition coefficient (Wildman–Crippen LogP) is -2.45. The number of aliphatic carboxylic acids is 1. The van der Waals surface area contributed by atoms with Gasteiger partial charge in [-0.2, -0.15) is 0 Å². The molecule has 9 N–H and O–H groups in total. The van der Waals surface area contributed by atoms with E-state index >= 15 is 0 Å². The zero-order valence-electron chi connectivity index (χ0n) is 20.2. The van der Waals surface area contributed by atoms with Crippen molar-refractivity contribution in [3.05, 3.63) is 25.3 Å². The maximum absolute atomic E-state index is 10.8. The third-order valence-electron chi connectivity index (χ3n) is 6.48. The summed E-state index contributed by atoms with van der Waals surface area (Å²) in [7, 11) is 0. The van der Waals surface area contributed by atoms with E-state index in [-0.39, 0.29) is 18.8 Å². The quantitative estimate of drug-likeness (QED) is 0.137. The molecular weight excluding hydrogens is 520 g/mol. The number of anilines is 2. The van der Waals surface area contributed by atoms with Crippen LogP contribution in [0.5, 0.6) is 0 Å². The van der Waals surface area contributed by atoms with E-state index in [9.17, 15) is 20.1 Å². The number of aliphatic hydroxyl groups excluding tert-OH is 4. The van der Waals surface area contributed by atoms with Gasteiger partial charge in [0.1, 0.15) is 48.4 Å². The van der Waals surface area contributed by atoms with Gasteiger partial charge in [0.25, 0.3) is 0 Å². The lowest BCUT2D eigenvalue weighted by atomic mass is 10.1. The summed E-state index contributed by atoms with van der Waals surface area (Å²) in [5.41, 5.74) is 13.2. The van der Waals surface area contributed by atoms with E-state index in [0.29, 0.717) is 34.6 Å². The van der Waals surface area contributed by atoms with Gasteiger partial charge in [0, 0.05) is 12.8 Å². The van der Waals surface area contributed by atoms with Crippen LogP contribution in [0.25, 0.3) is 22.3 Å². The average molecular weight is 547 g/mol. The zero-order valence-corrected chi connectivity index (χ0v) is 20.2. The fourth-order valence-electron chi connectivity index (χ4n) is 4.48. The van der Waals surface area contributed by atoms with Gasteiger partial charge in [0.2, 0.25) is 0 Å². The molecule has 208 valence electrons. The first kappa shape index (κ1) is 26.5. The summed E-state index contributed by atoms with van der Waals surface area (Å²) in [5, 5.41) is 46.9. The number of imidazole rings is 2. The highest BCUT2D eigenvalue weighted by Crippen LogP contribution is 2.33. The highest BCUT2D eigenvalue weighted by atomic mass is 16.6. The van der Waals surface area contributed by atoms with Crippen LogP contribution in [-0.4, -0.2) is 108 Å². The first-order valence-corrected chi connectivity index (χ1v) is 11.7. The number of aromatic nitrogens is 8. The van der Waals surface area contributed by atoms with E-state index in [1.165, 1.54) is 23.5 Å². The van der Waals surface area contributed by atoms with Crippen molar-refractivity contribution < 1.29 is 39.8 Å². The third-order valence-corrected chi connectivity index (χ3v) is 6.48. The van der Waals surface area contributed by atoms with Crippen LogP contribution in [0.3, 0.4) is 0 Å². The van der Waals surface area contributed by atoms with Crippen molar-refractivity contribution in [2.75, 3.05) is 18.1 Å². The highest BCUT2D eigenvalue weighted by molar-refractivity contribution is 5.81. The molecule has 2 aliphatic rings. The minimum atomic E-state index is -1.81. The summed E-state index contributed by atoms with van der Waals surface area (Å²) in [6.07, 6.45) is -0.449. The van der Waals surface area contributed by atoms with Crippen molar-refractivity contribution in [1.82, 2.24) is 39.0 Å². The Morgan fingerprint density at radius 2 is 1.41 bits per heavy atom. The number of carboxylic acids is 1. The van der Waals surface area contributed by atoms with Crippen molar-refractivity contribution in [2.24, 2.45) is 0 Å². The van der Waals surface area contributed by atoms with Gasteiger partial charge in [-0.1, -0.05) is 0 Å². The van der Waals surface area contributed by atoms with E-state index in [0.717, 1.165) is 0 Å². The zero-order chi connectivity index (χ0) is 27.8. The summed E-state index contributed by atoms with van der Waals surface area (Å²) >= 11 is 0. The molecular formula is C21H26N10O8. The lowest BCUT2D eigenvalue weighted by Gasteiger charge is -2.18. The van der Waals surface area contributed by atoms with Gasteiger partial charge in [-0.05, 0) is 0 Å². The van der Waals surface area contributed by atoms with Crippen LogP contribution in [0, 0.1) is 0 Å². The van der Waals surface area contributed by atoms with Crippen molar-refractivity contribution in [2.45, 2.75) is 55.8 Å². The number of fused-ring (bicyclic) bond motifs is 2. The Hall–Kier alpha value is -4.07. The average Bonchev–Trinajstić information content (AvgIpc) is 3.69. The third kappa shape index (κ3) is 4.91. The van der Waals surface area contributed by atoms with Crippen LogP contribution in [0.2, 0.25) is 0 Å². The number of hydrogen-bond donors (Lipinski definition) is 7. The molecule has 7 atom stereocenters. The van der Waals surface area contributed by atoms with Crippen molar-refractivity contribution in [3.8, 4) is 0 Å². The van der Waals surface area contributed by atoms with Crippen molar-refractivity contribution >= 4 is 39.9 Å². The Kier molecular flexibility index (Phi) is 7.21. The number of nitrogen functional groups attached to an aromatic ring is 2. The second kappa shape index (κ2) is 10.6. The molecule has 0 saturated carbocycles. The number of carboxylic acid groups (broad SMARTS) is 1. The fraction of sp³-hybridized carbons (Fsp3) is 0.476. The van der Waals surface area contributed by atoms with Crippen LogP contribution >= 0.6 is 0 Å². The normalized spacial score (nSPS) is 27.5. The lowest BCUT2D eigenvalue weighted by Crippen LogP contribution is -2.40. The molecule has 0 bridgehead atoms. The number of nitrogens with zero attached hydrogens (tertiary/aromatic N) is 8. The Labute approximate surface area is 218 Å². The summed E-state index contributed by atoms with van der Waals surface area (Å²) < 4.78 is 14.2. The molecule has 4 aromatic rings. The number of rotatable bonds is 5. The first-order valence-electron chi connectivity index (χ1n) is 11.7. The number of carbonyl (C=O) groups is 1. The lowest BCUT2D eigenvalue weighted by molar-refractivity contribution is -0.160. The van der Waals surface area contributed by atoms with E-state index in [1.54, 1.807) is 10.9 Å². The maximum Gasteiger partial charge on any atom is 0.335 e. The number of aliphatic hydroxyl groups is 4.